The van der Waals surface area contributed by atoms with Crippen LogP contribution in [0.1, 0.15) is 18.4 Å². The maximum absolute atomic E-state index is 11.0. The number of aryl methyl sites for hydroxylation is 1. The third-order valence-corrected chi connectivity index (χ3v) is 2.33. The van der Waals surface area contributed by atoms with E-state index in [-0.39, 0.29) is 5.69 Å². The Morgan fingerprint density at radius 2 is 2.07 bits per heavy atom. The minimum absolute atomic E-state index is 0.181. The number of nitriles is 1. The number of hydrogen-bond donors (Lipinski definition) is 2. The third-order valence-electron chi connectivity index (χ3n) is 2.33. The molecule has 0 aliphatic rings. The maximum Gasteiger partial charge on any atom is 0.323 e. The summed E-state index contributed by atoms with van der Waals surface area (Å²) in [5, 5.41) is 8.42. The summed E-state index contributed by atoms with van der Waals surface area (Å²) < 4.78 is 0. The van der Waals surface area contributed by atoms with Gasteiger partial charge in [-0.2, -0.15) is 5.26 Å². The van der Waals surface area contributed by atoms with Crippen molar-refractivity contribution in [3.63, 3.8) is 0 Å². The standard InChI is InChI=1S/C11H11N3O/c12-6-2-1-3-8-4-5-9-10(7-8)14-11(15)13-9/h4-5,7H,1-3H2,(H2,13,14,15). The van der Waals surface area contributed by atoms with Crippen LogP contribution in [0.4, 0.5) is 0 Å². The number of unbranched alkanes of at least 4 members (excludes halogenated alkanes) is 1. The molecule has 0 fully saturated rings. The van der Waals surface area contributed by atoms with Crippen molar-refractivity contribution >= 4 is 11.0 Å². The summed E-state index contributed by atoms with van der Waals surface area (Å²) in [5.74, 6) is 0. The Hall–Kier alpha value is -2.02. The normalized spacial score (nSPS) is 10.3. The van der Waals surface area contributed by atoms with Gasteiger partial charge in [0.05, 0.1) is 17.1 Å². The Bertz CT molecular complexity index is 559. The SMILES string of the molecule is N#CCCCc1ccc2[nH]c(=O)[nH]c2c1. The van der Waals surface area contributed by atoms with E-state index in [0.717, 1.165) is 29.4 Å². The van der Waals surface area contributed by atoms with Gasteiger partial charge in [0.15, 0.2) is 0 Å². The number of nitrogens with zero attached hydrogens (tertiary/aromatic N) is 1. The number of aromatic nitrogens is 2. The monoisotopic (exact) mass is 201 g/mol. The molecule has 15 heavy (non-hydrogen) atoms. The molecule has 0 aliphatic heterocycles. The van der Waals surface area contributed by atoms with Crippen LogP contribution in [-0.4, -0.2) is 9.97 Å². The summed E-state index contributed by atoms with van der Waals surface area (Å²) >= 11 is 0. The van der Waals surface area contributed by atoms with Crippen molar-refractivity contribution in [1.29, 1.82) is 5.26 Å². The number of rotatable bonds is 3. The lowest BCUT2D eigenvalue weighted by Gasteiger charge is -1.98. The predicted molar refractivity (Wildman–Crippen MR) is 57.5 cm³/mol. The molecule has 2 rings (SSSR count). The molecule has 0 amide bonds. The van der Waals surface area contributed by atoms with Crippen molar-refractivity contribution < 1.29 is 0 Å². The van der Waals surface area contributed by atoms with Gasteiger partial charge in [-0.15, -0.1) is 0 Å². The molecule has 0 saturated carbocycles. The lowest BCUT2D eigenvalue weighted by Crippen LogP contribution is -1.99. The van der Waals surface area contributed by atoms with Gasteiger partial charge in [-0.1, -0.05) is 6.07 Å². The van der Waals surface area contributed by atoms with E-state index in [1.54, 1.807) is 0 Å². The second kappa shape index (κ2) is 4.01. The Morgan fingerprint density at radius 1 is 1.27 bits per heavy atom. The molecule has 76 valence electrons. The molecule has 0 radical (unpaired) electrons. The van der Waals surface area contributed by atoms with Gasteiger partial charge in [-0.25, -0.2) is 4.79 Å². The van der Waals surface area contributed by atoms with Crippen LogP contribution in [0.3, 0.4) is 0 Å². The highest BCUT2D eigenvalue weighted by Gasteiger charge is 1.99. The van der Waals surface area contributed by atoms with E-state index in [0.29, 0.717) is 6.42 Å². The molecular formula is C11H11N3O. The minimum atomic E-state index is -0.181. The molecule has 2 N–H and O–H groups in total. The fourth-order valence-electron chi connectivity index (χ4n) is 1.61. The van der Waals surface area contributed by atoms with E-state index in [1.165, 1.54) is 0 Å². The number of H-pyrrole nitrogens is 2. The fourth-order valence-corrected chi connectivity index (χ4v) is 1.61. The van der Waals surface area contributed by atoms with Crippen LogP contribution < -0.4 is 5.69 Å². The Kier molecular flexibility index (Phi) is 2.55. The predicted octanol–water partition coefficient (Wildman–Crippen LogP) is 1.70. The highest BCUT2D eigenvalue weighted by Crippen LogP contribution is 2.12. The first-order valence-corrected chi connectivity index (χ1v) is 4.87. The second-order valence-corrected chi connectivity index (χ2v) is 3.47. The number of hydrogen-bond acceptors (Lipinski definition) is 2. The van der Waals surface area contributed by atoms with E-state index >= 15 is 0 Å². The largest absolute Gasteiger partial charge is 0.323 e. The van der Waals surface area contributed by atoms with E-state index in [2.05, 4.69) is 16.0 Å². The van der Waals surface area contributed by atoms with Crippen LogP contribution in [0.15, 0.2) is 23.0 Å². The van der Waals surface area contributed by atoms with Crippen LogP contribution in [0.25, 0.3) is 11.0 Å². The van der Waals surface area contributed by atoms with E-state index in [9.17, 15) is 4.79 Å². The summed E-state index contributed by atoms with van der Waals surface area (Å²) in [4.78, 5) is 16.4. The van der Waals surface area contributed by atoms with Crippen LogP contribution in [0.2, 0.25) is 0 Å². The van der Waals surface area contributed by atoms with Gasteiger partial charge < -0.3 is 9.97 Å². The molecule has 0 bridgehead atoms. The lowest BCUT2D eigenvalue weighted by atomic mass is 10.1. The van der Waals surface area contributed by atoms with E-state index in [1.807, 2.05) is 18.2 Å². The van der Waals surface area contributed by atoms with Gasteiger partial charge in [-0.05, 0) is 30.5 Å². The van der Waals surface area contributed by atoms with Gasteiger partial charge in [0.2, 0.25) is 0 Å². The van der Waals surface area contributed by atoms with E-state index < -0.39 is 0 Å². The lowest BCUT2D eigenvalue weighted by molar-refractivity contribution is 0.851. The molecule has 4 nitrogen and oxygen atoms in total. The van der Waals surface area contributed by atoms with Crippen LogP contribution in [0, 0.1) is 11.3 Å². The molecule has 1 aromatic heterocycles. The topological polar surface area (TPSA) is 72.4 Å². The number of benzene rings is 1. The summed E-state index contributed by atoms with van der Waals surface area (Å²) in [5.41, 5.74) is 2.62. The Labute approximate surface area is 86.6 Å². The molecule has 0 unspecified atom stereocenters. The van der Waals surface area contributed by atoms with Crippen LogP contribution >= 0.6 is 0 Å². The molecular weight excluding hydrogens is 190 g/mol. The first-order valence-electron chi connectivity index (χ1n) is 4.87. The summed E-state index contributed by atoms with van der Waals surface area (Å²) in [6.07, 6.45) is 2.30. The minimum Gasteiger partial charge on any atom is -0.306 e. The van der Waals surface area contributed by atoms with Gasteiger partial charge in [-0.3, -0.25) is 0 Å². The average Bonchev–Trinajstić information content (AvgIpc) is 2.57. The maximum atomic E-state index is 11.0. The zero-order valence-electron chi connectivity index (χ0n) is 8.21. The zero-order valence-corrected chi connectivity index (χ0v) is 8.21. The van der Waals surface area contributed by atoms with Gasteiger partial charge in [0, 0.05) is 6.42 Å². The molecule has 0 atom stereocenters. The molecule has 4 heteroatoms. The Balaban J connectivity index is 2.23. The number of nitrogens with one attached hydrogen (secondary N) is 2. The summed E-state index contributed by atoms with van der Waals surface area (Å²) in [6.45, 7) is 0. The number of imidazole rings is 1. The number of aromatic amines is 2. The fraction of sp³-hybridized carbons (Fsp3) is 0.273. The molecule has 2 aromatic rings. The van der Waals surface area contributed by atoms with Gasteiger partial charge in [0.25, 0.3) is 0 Å². The molecule has 0 aliphatic carbocycles. The molecule has 0 saturated heterocycles. The molecule has 1 heterocycles. The van der Waals surface area contributed by atoms with Crippen molar-refractivity contribution in [2.24, 2.45) is 0 Å². The third kappa shape index (κ3) is 2.08. The zero-order chi connectivity index (χ0) is 10.7. The van der Waals surface area contributed by atoms with Crippen molar-refractivity contribution in [2.45, 2.75) is 19.3 Å². The van der Waals surface area contributed by atoms with E-state index in [4.69, 9.17) is 5.26 Å². The number of fused-ring (bicyclic) bond motifs is 1. The average molecular weight is 201 g/mol. The second-order valence-electron chi connectivity index (χ2n) is 3.47. The van der Waals surface area contributed by atoms with Gasteiger partial charge in [0.1, 0.15) is 0 Å². The van der Waals surface area contributed by atoms with Crippen molar-refractivity contribution in [3.8, 4) is 6.07 Å². The highest BCUT2D eigenvalue weighted by atomic mass is 16.1. The molecule has 1 aromatic carbocycles. The van der Waals surface area contributed by atoms with Crippen molar-refractivity contribution in [1.82, 2.24) is 9.97 Å². The summed E-state index contributed by atoms with van der Waals surface area (Å²) in [7, 11) is 0. The van der Waals surface area contributed by atoms with Crippen molar-refractivity contribution in [3.05, 3.63) is 34.2 Å². The quantitative estimate of drug-likeness (QED) is 0.742. The highest BCUT2D eigenvalue weighted by molar-refractivity contribution is 5.74. The Morgan fingerprint density at radius 3 is 2.87 bits per heavy atom. The van der Waals surface area contributed by atoms with Crippen LogP contribution in [0.5, 0.6) is 0 Å². The van der Waals surface area contributed by atoms with Gasteiger partial charge >= 0.3 is 5.69 Å². The first kappa shape index (κ1) is 9.53. The van der Waals surface area contributed by atoms with Crippen molar-refractivity contribution in [2.75, 3.05) is 0 Å². The smallest absolute Gasteiger partial charge is 0.306 e. The summed E-state index contributed by atoms with van der Waals surface area (Å²) in [6, 6.07) is 7.92. The first-order chi connectivity index (χ1) is 7.29. The van der Waals surface area contributed by atoms with Crippen LogP contribution in [-0.2, 0) is 6.42 Å². The molecule has 0 spiro atoms.